The molecule has 0 bridgehead atoms. The number of benzene rings is 2. The minimum atomic E-state index is -0.212. The van der Waals surface area contributed by atoms with Crippen LogP contribution in [0.1, 0.15) is 15.9 Å². The molecule has 0 N–H and O–H groups in total. The van der Waals surface area contributed by atoms with Gasteiger partial charge in [0.15, 0.2) is 5.78 Å². The summed E-state index contributed by atoms with van der Waals surface area (Å²) in [6, 6.07) is 12.2. The number of carbonyl (C=O) groups excluding carboxylic acids is 1. The second kappa shape index (κ2) is 9.61. The van der Waals surface area contributed by atoms with Crippen LogP contribution in [0.25, 0.3) is 6.08 Å². The quantitative estimate of drug-likeness (QED) is 0.416. The van der Waals surface area contributed by atoms with E-state index in [-0.39, 0.29) is 19.0 Å². The van der Waals surface area contributed by atoms with Gasteiger partial charge >= 0.3 is 0 Å². The van der Waals surface area contributed by atoms with E-state index in [0.29, 0.717) is 17.1 Å². The molecule has 2 aromatic carbocycles. The van der Waals surface area contributed by atoms with Crippen molar-refractivity contribution < 1.29 is 19.0 Å². The van der Waals surface area contributed by atoms with Gasteiger partial charge in [-0.1, -0.05) is 30.0 Å². The third-order valence-electron chi connectivity index (χ3n) is 3.39. The van der Waals surface area contributed by atoms with Crippen molar-refractivity contribution in [2.75, 3.05) is 20.3 Å². The monoisotopic (exact) mass is 346 g/mol. The van der Waals surface area contributed by atoms with Gasteiger partial charge in [0.2, 0.25) is 0 Å². The highest BCUT2D eigenvalue weighted by molar-refractivity contribution is 6.08. The van der Waals surface area contributed by atoms with Crippen LogP contribution in [-0.2, 0) is 0 Å². The second-order valence-corrected chi connectivity index (χ2v) is 5.11. The van der Waals surface area contributed by atoms with Crippen molar-refractivity contribution in [3.05, 3.63) is 59.7 Å². The van der Waals surface area contributed by atoms with Gasteiger partial charge in [-0.3, -0.25) is 4.79 Å². The Morgan fingerprint density at radius 1 is 1.00 bits per heavy atom. The van der Waals surface area contributed by atoms with E-state index in [4.69, 9.17) is 27.1 Å². The fraction of sp³-hybridized carbons (Fsp3) is 0.136. The number of methoxy groups -OCH3 is 1. The van der Waals surface area contributed by atoms with Crippen molar-refractivity contribution in [1.29, 1.82) is 0 Å². The van der Waals surface area contributed by atoms with Crippen LogP contribution in [0.4, 0.5) is 0 Å². The SMILES string of the molecule is C#CCOc1ccc(C(=O)/C=C/c2ccc(OC)cc2)c(OCC#C)c1. The highest BCUT2D eigenvalue weighted by Gasteiger charge is 2.12. The average molecular weight is 346 g/mol. The molecule has 2 rings (SSSR count). The molecule has 0 aliphatic carbocycles. The molecule has 0 aliphatic rings. The molecule has 0 aromatic heterocycles. The number of terminal acetylenes is 2. The Bertz CT molecular complexity index is 864. The number of ether oxygens (including phenoxy) is 3. The van der Waals surface area contributed by atoms with Crippen LogP contribution in [-0.4, -0.2) is 26.1 Å². The Kier molecular flexibility index (Phi) is 6.92. The first-order chi connectivity index (χ1) is 12.7. The van der Waals surface area contributed by atoms with Crippen molar-refractivity contribution in [1.82, 2.24) is 0 Å². The molecule has 0 saturated carbocycles. The first kappa shape index (κ1) is 18.7. The van der Waals surface area contributed by atoms with E-state index in [1.165, 1.54) is 6.08 Å². The summed E-state index contributed by atoms with van der Waals surface area (Å²) >= 11 is 0. The molecule has 26 heavy (non-hydrogen) atoms. The van der Waals surface area contributed by atoms with Gasteiger partial charge in [-0.2, -0.15) is 0 Å². The standard InChI is InChI=1S/C22H18O4/c1-4-14-25-19-11-12-20(22(16-19)26-15-5-2)21(23)13-8-17-6-9-18(24-3)10-7-17/h1-2,6-13,16H,14-15H2,3H3/b13-8+. The van der Waals surface area contributed by atoms with Crippen molar-refractivity contribution in [3.8, 4) is 41.9 Å². The molecule has 0 atom stereocenters. The van der Waals surface area contributed by atoms with E-state index in [2.05, 4.69) is 11.8 Å². The molecule has 0 radical (unpaired) electrons. The predicted molar refractivity (Wildman–Crippen MR) is 101 cm³/mol. The molecule has 0 spiro atoms. The summed E-state index contributed by atoms with van der Waals surface area (Å²) in [6.45, 7) is 0.167. The summed E-state index contributed by atoms with van der Waals surface area (Å²) in [4.78, 5) is 12.5. The van der Waals surface area contributed by atoms with Gasteiger partial charge in [-0.15, -0.1) is 12.8 Å². The number of hydrogen-bond donors (Lipinski definition) is 0. The molecule has 0 heterocycles. The van der Waals surface area contributed by atoms with Crippen LogP contribution in [0.5, 0.6) is 17.2 Å². The first-order valence-electron chi connectivity index (χ1n) is 7.81. The highest BCUT2D eigenvalue weighted by atomic mass is 16.5. The Morgan fingerprint density at radius 3 is 2.31 bits per heavy atom. The van der Waals surface area contributed by atoms with Crippen LogP contribution in [0, 0.1) is 24.7 Å². The molecule has 0 aliphatic heterocycles. The Hall–Kier alpha value is -3.63. The second-order valence-electron chi connectivity index (χ2n) is 5.11. The van der Waals surface area contributed by atoms with Crippen molar-refractivity contribution in [2.45, 2.75) is 0 Å². The van der Waals surface area contributed by atoms with Gasteiger partial charge in [-0.05, 0) is 35.9 Å². The maximum absolute atomic E-state index is 12.5. The molecular formula is C22H18O4. The van der Waals surface area contributed by atoms with Crippen molar-refractivity contribution in [3.63, 3.8) is 0 Å². The zero-order valence-electron chi connectivity index (χ0n) is 14.4. The van der Waals surface area contributed by atoms with E-state index >= 15 is 0 Å². The fourth-order valence-electron chi connectivity index (χ4n) is 2.14. The third kappa shape index (κ3) is 5.19. The van der Waals surface area contributed by atoms with Gasteiger partial charge < -0.3 is 14.2 Å². The summed E-state index contributed by atoms with van der Waals surface area (Å²) in [5, 5.41) is 0. The highest BCUT2D eigenvalue weighted by Crippen LogP contribution is 2.26. The third-order valence-corrected chi connectivity index (χ3v) is 3.39. The Morgan fingerprint density at radius 2 is 1.65 bits per heavy atom. The van der Waals surface area contributed by atoms with Gasteiger partial charge in [-0.25, -0.2) is 0 Å². The van der Waals surface area contributed by atoms with Crippen LogP contribution in [0.2, 0.25) is 0 Å². The summed E-state index contributed by atoms with van der Waals surface area (Å²) in [6.07, 6.45) is 13.6. The molecule has 0 unspecified atom stereocenters. The summed E-state index contributed by atoms with van der Waals surface area (Å²) in [7, 11) is 1.60. The molecule has 0 fully saturated rings. The van der Waals surface area contributed by atoms with Crippen LogP contribution < -0.4 is 14.2 Å². The molecular weight excluding hydrogens is 328 g/mol. The zero-order valence-corrected chi connectivity index (χ0v) is 14.4. The minimum Gasteiger partial charge on any atom is -0.497 e. The maximum atomic E-state index is 12.5. The normalized spacial score (nSPS) is 9.96. The summed E-state index contributed by atoms with van der Waals surface area (Å²) < 4.78 is 15.9. The average Bonchev–Trinajstić information content (AvgIpc) is 2.69. The van der Waals surface area contributed by atoms with Crippen LogP contribution >= 0.6 is 0 Å². The number of hydrogen-bond acceptors (Lipinski definition) is 4. The van der Waals surface area contributed by atoms with Gasteiger partial charge in [0.1, 0.15) is 30.5 Å². The van der Waals surface area contributed by atoms with Gasteiger partial charge in [0.05, 0.1) is 12.7 Å². The first-order valence-corrected chi connectivity index (χ1v) is 7.81. The molecule has 4 nitrogen and oxygen atoms in total. The lowest BCUT2D eigenvalue weighted by atomic mass is 10.1. The summed E-state index contributed by atoms with van der Waals surface area (Å²) in [5.41, 5.74) is 1.26. The lowest BCUT2D eigenvalue weighted by Gasteiger charge is -2.10. The molecule has 0 saturated heterocycles. The maximum Gasteiger partial charge on any atom is 0.189 e. The van der Waals surface area contributed by atoms with Gasteiger partial charge in [0.25, 0.3) is 0 Å². The van der Waals surface area contributed by atoms with Crippen molar-refractivity contribution in [2.24, 2.45) is 0 Å². The topological polar surface area (TPSA) is 44.8 Å². The van der Waals surface area contributed by atoms with E-state index in [0.717, 1.165) is 11.3 Å². The zero-order chi connectivity index (χ0) is 18.8. The minimum absolute atomic E-state index is 0.0427. The fourth-order valence-corrected chi connectivity index (χ4v) is 2.14. The Balaban J connectivity index is 2.21. The van der Waals surface area contributed by atoms with Crippen LogP contribution in [0.15, 0.2) is 48.5 Å². The number of ketones is 1. The molecule has 0 amide bonds. The Labute approximate surface area is 153 Å². The molecule has 4 heteroatoms. The van der Waals surface area contributed by atoms with Gasteiger partial charge in [0, 0.05) is 6.07 Å². The number of allylic oxidation sites excluding steroid dienone is 1. The molecule has 2 aromatic rings. The molecule has 130 valence electrons. The lowest BCUT2D eigenvalue weighted by Crippen LogP contribution is -2.03. The summed E-state index contributed by atoms with van der Waals surface area (Å²) in [5.74, 6) is 6.15. The van der Waals surface area contributed by atoms with E-state index < -0.39 is 0 Å². The van der Waals surface area contributed by atoms with Crippen molar-refractivity contribution >= 4 is 11.9 Å². The number of carbonyl (C=O) groups is 1. The largest absolute Gasteiger partial charge is 0.497 e. The predicted octanol–water partition coefficient (Wildman–Crippen LogP) is 3.62. The van der Waals surface area contributed by atoms with E-state index in [9.17, 15) is 4.79 Å². The number of rotatable bonds is 8. The lowest BCUT2D eigenvalue weighted by molar-refractivity contribution is 0.104. The smallest absolute Gasteiger partial charge is 0.189 e. The van der Waals surface area contributed by atoms with E-state index in [1.54, 1.807) is 31.4 Å². The van der Waals surface area contributed by atoms with Crippen LogP contribution in [0.3, 0.4) is 0 Å². The van der Waals surface area contributed by atoms with E-state index in [1.807, 2.05) is 24.3 Å².